The number of carbonyl (C=O) groups excluding carboxylic acids is 3. The summed E-state index contributed by atoms with van der Waals surface area (Å²) in [5.41, 5.74) is 3.82. The number of rotatable bonds is 9. The molecular weight excluding hydrogens is 588 g/mol. The molecule has 2 amide bonds. The van der Waals surface area contributed by atoms with Crippen molar-refractivity contribution in [3.05, 3.63) is 111 Å². The average molecular weight is 619 g/mol. The van der Waals surface area contributed by atoms with Crippen LogP contribution < -0.4 is 10.6 Å². The number of thiophene rings is 1. The van der Waals surface area contributed by atoms with E-state index in [0.717, 1.165) is 58.6 Å². The molecule has 216 valence electrons. The first-order valence-electron chi connectivity index (χ1n) is 13.8. The lowest BCUT2D eigenvalue weighted by molar-refractivity contribution is -0.116. The predicted molar refractivity (Wildman–Crippen MR) is 171 cm³/mol. The van der Waals surface area contributed by atoms with Crippen LogP contribution in [0.15, 0.2) is 83.8 Å². The largest absolute Gasteiger partial charge is 0.465 e. The van der Waals surface area contributed by atoms with E-state index in [9.17, 15) is 14.4 Å². The van der Waals surface area contributed by atoms with Crippen molar-refractivity contribution in [2.45, 2.75) is 48.7 Å². The standard InChI is InChI=1S/C33H31ClN2O4S2/c1-40-33(39)29-26-13-6-3-7-14-27(26)42-32(29)36-31(38)30(22-9-4-2-5-10-22)41-25-12-8-11-24(20-25)35-28(37)19-21-15-17-23(34)18-16-21/h2,4-5,8-12,15-18,20,30H,3,6-7,13-14,19H2,1H3,(H,35,37)(H,36,38). The Morgan fingerprint density at radius 1 is 0.929 bits per heavy atom. The van der Waals surface area contributed by atoms with Crippen LogP contribution in [0.25, 0.3) is 0 Å². The van der Waals surface area contributed by atoms with Gasteiger partial charge in [-0.15, -0.1) is 23.1 Å². The molecule has 5 rings (SSSR count). The SMILES string of the molecule is COC(=O)c1c(NC(=O)C(Sc2cccc(NC(=O)Cc3ccc(Cl)cc3)c2)c2ccccc2)sc2c1CCCCC2. The van der Waals surface area contributed by atoms with Gasteiger partial charge in [-0.1, -0.05) is 66.6 Å². The third-order valence-corrected chi connectivity index (χ3v) is 9.74. The number of halogens is 1. The summed E-state index contributed by atoms with van der Waals surface area (Å²) in [4.78, 5) is 41.4. The Labute approximate surface area is 258 Å². The van der Waals surface area contributed by atoms with Crippen molar-refractivity contribution in [1.82, 2.24) is 0 Å². The molecule has 2 N–H and O–H groups in total. The van der Waals surface area contributed by atoms with Gasteiger partial charge in [0.05, 0.1) is 19.1 Å². The number of carbonyl (C=O) groups is 3. The van der Waals surface area contributed by atoms with Crippen molar-refractivity contribution in [2.75, 3.05) is 17.7 Å². The van der Waals surface area contributed by atoms with Crippen LogP contribution in [0.3, 0.4) is 0 Å². The van der Waals surface area contributed by atoms with Crippen LogP contribution >= 0.6 is 34.7 Å². The Morgan fingerprint density at radius 2 is 1.69 bits per heavy atom. The van der Waals surface area contributed by atoms with E-state index >= 15 is 0 Å². The van der Waals surface area contributed by atoms with Gasteiger partial charge in [0.1, 0.15) is 10.3 Å². The van der Waals surface area contributed by atoms with Crippen molar-refractivity contribution >= 4 is 63.2 Å². The molecule has 1 aliphatic rings. The van der Waals surface area contributed by atoms with E-state index in [1.165, 1.54) is 30.2 Å². The van der Waals surface area contributed by atoms with Gasteiger partial charge < -0.3 is 15.4 Å². The van der Waals surface area contributed by atoms with Gasteiger partial charge in [0.2, 0.25) is 11.8 Å². The maximum Gasteiger partial charge on any atom is 0.341 e. The van der Waals surface area contributed by atoms with Crippen LogP contribution in [0.1, 0.15) is 56.4 Å². The number of benzene rings is 3. The Bertz CT molecular complexity index is 1570. The van der Waals surface area contributed by atoms with Crippen LogP contribution in [-0.4, -0.2) is 24.9 Å². The number of thioether (sulfide) groups is 1. The molecule has 0 saturated carbocycles. The molecule has 1 aromatic heterocycles. The fraction of sp³-hybridized carbons (Fsp3) is 0.242. The number of anilines is 2. The topological polar surface area (TPSA) is 84.5 Å². The molecular formula is C33H31ClN2O4S2. The monoisotopic (exact) mass is 618 g/mol. The number of amides is 2. The van der Waals surface area contributed by atoms with E-state index in [4.69, 9.17) is 16.3 Å². The van der Waals surface area contributed by atoms with Crippen LogP contribution in [0, 0.1) is 0 Å². The van der Waals surface area contributed by atoms with E-state index in [0.29, 0.717) is 21.3 Å². The zero-order valence-electron chi connectivity index (χ0n) is 23.2. The smallest absolute Gasteiger partial charge is 0.341 e. The number of nitrogens with one attached hydrogen (secondary N) is 2. The highest BCUT2D eigenvalue weighted by molar-refractivity contribution is 8.00. The average Bonchev–Trinajstić information content (AvgIpc) is 3.16. The number of aryl methyl sites for hydroxylation is 1. The third-order valence-electron chi connectivity index (χ3n) is 7.04. The summed E-state index contributed by atoms with van der Waals surface area (Å²) in [5, 5.41) is 6.60. The molecule has 0 spiro atoms. The van der Waals surface area contributed by atoms with Crippen molar-refractivity contribution in [3.63, 3.8) is 0 Å². The molecule has 1 heterocycles. The highest BCUT2D eigenvalue weighted by atomic mass is 35.5. The lowest BCUT2D eigenvalue weighted by Crippen LogP contribution is -2.20. The highest BCUT2D eigenvalue weighted by Crippen LogP contribution is 2.41. The number of hydrogen-bond donors (Lipinski definition) is 2. The first-order chi connectivity index (χ1) is 20.4. The minimum Gasteiger partial charge on any atom is -0.465 e. The van der Waals surface area contributed by atoms with Gasteiger partial charge in [0, 0.05) is 20.5 Å². The van der Waals surface area contributed by atoms with Crippen molar-refractivity contribution < 1.29 is 19.1 Å². The second-order valence-electron chi connectivity index (χ2n) is 10.0. The zero-order chi connectivity index (χ0) is 29.5. The van der Waals surface area contributed by atoms with E-state index in [1.54, 1.807) is 12.1 Å². The minimum atomic E-state index is -0.598. The second kappa shape index (κ2) is 14.1. The molecule has 1 atom stereocenters. The van der Waals surface area contributed by atoms with Crippen molar-refractivity contribution in [1.29, 1.82) is 0 Å². The van der Waals surface area contributed by atoms with E-state index in [1.807, 2.05) is 66.7 Å². The Balaban J connectivity index is 1.36. The molecule has 0 radical (unpaired) electrons. The van der Waals surface area contributed by atoms with E-state index < -0.39 is 11.2 Å². The van der Waals surface area contributed by atoms with Gasteiger partial charge in [0.25, 0.3) is 0 Å². The van der Waals surface area contributed by atoms with Gasteiger partial charge in [-0.3, -0.25) is 9.59 Å². The summed E-state index contributed by atoms with van der Waals surface area (Å²) >= 11 is 8.82. The maximum atomic E-state index is 13.9. The van der Waals surface area contributed by atoms with Gasteiger partial charge in [-0.25, -0.2) is 4.79 Å². The molecule has 9 heteroatoms. The molecule has 1 unspecified atom stereocenters. The Hall–Kier alpha value is -3.59. The molecule has 42 heavy (non-hydrogen) atoms. The number of fused-ring (bicyclic) bond motifs is 1. The molecule has 0 saturated heterocycles. The van der Waals surface area contributed by atoms with E-state index in [-0.39, 0.29) is 18.2 Å². The summed E-state index contributed by atoms with van der Waals surface area (Å²) in [5.74, 6) is -0.801. The first-order valence-corrected chi connectivity index (χ1v) is 15.9. The molecule has 0 bridgehead atoms. The molecule has 1 aliphatic carbocycles. The molecule has 6 nitrogen and oxygen atoms in total. The summed E-state index contributed by atoms with van der Waals surface area (Å²) in [6.45, 7) is 0. The van der Waals surface area contributed by atoms with Gasteiger partial charge >= 0.3 is 5.97 Å². The summed E-state index contributed by atoms with van der Waals surface area (Å²) in [7, 11) is 1.37. The minimum absolute atomic E-state index is 0.148. The lowest BCUT2D eigenvalue weighted by atomic mass is 10.1. The molecule has 4 aromatic rings. The van der Waals surface area contributed by atoms with Crippen LogP contribution in [0.4, 0.5) is 10.7 Å². The van der Waals surface area contributed by atoms with Gasteiger partial charge in [-0.2, -0.15) is 0 Å². The fourth-order valence-electron chi connectivity index (χ4n) is 5.00. The van der Waals surface area contributed by atoms with Crippen LogP contribution in [-0.2, 0) is 33.6 Å². The summed E-state index contributed by atoms with van der Waals surface area (Å²) in [6.07, 6.45) is 5.12. The van der Waals surface area contributed by atoms with E-state index in [2.05, 4.69) is 10.6 Å². The Morgan fingerprint density at radius 3 is 2.45 bits per heavy atom. The highest BCUT2D eigenvalue weighted by Gasteiger charge is 2.29. The van der Waals surface area contributed by atoms with Crippen molar-refractivity contribution in [2.24, 2.45) is 0 Å². The fourth-order valence-corrected chi connectivity index (χ4v) is 7.49. The number of ether oxygens (including phenoxy) is 1. The number of hydrogen-bond acceptors (Lipinski definition) is 6. The normalized spacial score (nSPS) is 13.4. The van der Waals surface area contributed by atoms with Gasteiger partial charge in [-0.05, 0) is 72.7 Å². The predicted octanol–water partition coefficient (Wildman–Crippen LogP) is 8.11. The third kappa shape index (κ3) is 7.43. The number of esters is 1. The number of methoxy groups -OCH3 is 1. The molecule has 3 aromatic carbocycles. The lowest BCUT2D eigenvalue weighted by Gasteiger charge is -2.18. The second-order valence-corrected chi connectivity index (χ2v) is 12.8. The van der Waals surface area contributed by atoms with Crippen LogP contribution in [0.2, 0.25) is 5.02 Å². The maximum absolute atomic E-state index is 13.9. The zero-order valence-corrected chi connectivity index (χ0v) is 25.5. The summed E-state index contributed by atoms with van der Waals surface area (Å²) < 4.78 is 5.12. The quantitative estimate of drug-likeness (QED) is 0.112. The first kappa shape index (κ1) is 29.9. The van der Waals surface area contributed by atoms with Gasteiger partial charge in [0.15, 0.2) is 0 Å². The molecule has 0 fully saturated rings. The van der Waals surface area contributed by atoms with Crippen molar-refractivity contribution in [3.8, 4) is 0 Å². The Kier molecular flexibility index (Phi) is 10.00. The molecule has 0 aliphatic heterocycles. The van der Waals surface area contributed by atoms with Crippen LogP contribution in [0.5, 0.6) is 0 Å². The summed E-state index contributed by atoms with van der Waals surface area (Å²) in [6, 6.07) is 24.2.